The molecular formula is C13H18N2OS. The highest BCUT2D eigenvalue weighted by atomic mass is 32.2. The maximum absolute atomic E-state index is 11.8. The van der Waals surface area contributed by atoms with E-state index in [0.717, 1.165) is 17.5 Å². The van der Waals surface area contributed by atoms with Gasteiger partial charge in [0, 0.05) is 28.3 Å². The molecule has 17 heavy (non-hydrogen) atoms. The lowest BCUT2D eigenvalue weighted by Crippen LogP contribution is -2.18. The van der Waals surface area contributed by atoms with Gasteiger partial charge in [-0.25, -0.2) is 0 Å². The average Bonchev–Trinajstić information content (AvgIpc) is 2.29. The summed E-state index contributed by atoms with van der Waals surface area (Å²) >= 11 is 0. The Labute approximate surface area is 105 Å². The van der Waals surface area contributed by atoms with E-state index in [0.29, 0.717) is 17.1 Å². The summed E-state index contributed by atoms with van der Waals surface area (Å²) in [6.07, 6.45) is 0.780. The summed E-state index contributed by atoms with van der Waals surface area (Å²) in [6.45, 7) is 3.86. The molecule has 2 N–H and O–H groups in total. The van der Waals surface area contributed by atoms with Crippen molar-refractivity contribution in [2.45, 2.75) is 32.1 Å². The quantitative estimate of drug-likeness (QED) is 0.867. The van der Waals surface area contributed by atoms with Gasteiger partial charge in [0.1, 0.15) is 0 Å². The fraction of sp³-hybridized carbons (Fsp3) is 0.462. The van der Waals surface area contributed by atoms with Crippen molar-refractivity contribution in [3.05, 3.63) is 34.9 Å². The van der Waals surface area contributed by atoms with Crippen LogP contribution in [0.3, 0.4) is 0 Å². The number of nitriles is 1. The minimum atomic E-state index is -0.873. The van der Waals surface area contributed by atoms with Crippen LogP contribution in [-0.4, -0.2) is 16.0 Å². The van der Waals surface area contributed by atoms with Gasteiger partial charge in [0.2, 0.25) is 0 Å². The Morgan fingerprint density at radius 2 is 2.24 bits per heavy atom. The molecule has 0 aromatic heterocycles. The zero-order chi connectivity index (χ0) is 12.8. The minimum absolute atomic E-state index is 0.0982. The molecule has 4 heteroatoms. The van der Waals surface area contributed by atoms with Crippen LogP contribution >= 0.6 is 0 Å². The van der Waals surface area contributed by atoms with Crippen molar-refractivity contribution in [2.75, 3.05) is 5.75 Å². The monoisotopic (exact) mass is 250 g/mol. The van der Waals surface area contributed by atoms with Crippen LogP contribution in [0.1, 0.15) is 30.0 Å². The molecular weight excluding hydrogens is 232 g/mol. The zero-order valence-corrected chi connectivity index (χ0v) is 11.1. The smallest absolute Gasteiger partial charge is 0.0991 e. The molecule has 1 rings (SSSR count). The number of hydrogen-bond acceptors (Lipinski definition) is 3. The molecule has 0 heterocycles. The number of aryl methyl sites for hydroxylation is 1. The van der Waals surface area contributed by atoms with E-state index >= 15 is 0 Å². The van der Waals surface area contributed by atoms with Gasteiger partial charge >= 0.3 is 0 Å². The fourth-order valence-corrected chi connectivity index (χ4v) is 2.94. The van der Waals surface area contributed by atoms with Crippen LogP contribution in [0.5, 0.6) is 0 Å². The van der Waals surface area contributed by atoms with Gasteiger partial charge in [-0.3, -0.25) is 4.21 Å². The van der Waals surface area contributed by atoms with E-state index < -0.39 is 10.8 Å². The molecule has 1 aromatic carbocycles. The molecule has 0 saturated heterocycles. The molecule has 92 valence electrons. The summed E-state index contributed by atoms with van der Waals surface area (Å²) in [7, 11) is -0.873. The fourth-order valence-electron chi connectivity index (χ4n) is 1.49. The van der Waals surface area contributed by atoms with Crippen molar-refractivity contribution in [3.63, 3.8) is 0 Å². The second-order valence-corrected chi connectivity index (χ2v) is 5.88. The van der Waals surface area contributed by atoms with Crippen LogP contribution in [0.2, 0.25) is 0 Å². The molecule has 0 spiro atoms. The molecule has 2 unspecified atom stereocenters. The highest BCUT2D eigenvalue weighted by molar-refractivity contribution is 7.84. The highest BCUT2D eigenvalue weighted by Crippen LogP contribution is 2.13. The van der Waals surface area contributed by atoms with Gasteiger partial charge < -0.3 is 5.73 Å². The lowest BCUT2D eigenvalue weighted by atomic mass is 10.1. The highest BCUT2D eigenvalue weighted by Gasteiger charge is 2.06. The van der Waals surface area contributed by atoms with E-state index in [1.807, 2.05) is 26.0 Å². The average molecular weight is 250 g/mol. The van der Waals surface area contributed by atoms with Crippen molar-refractivity contribution >= 4 is 10.8 Å². The normalized spacial score (nSPS) is 14.0. The SMILES string of the molecule is Cc1cc(C#N)ccc1CS(=O)CCC(C)N. The number of hydrogen-bond donors (Lipinski definition) is 1. The van der Waals surface area contributed by atoms with E-state index in [9.17, 15) is 4.21 Å². The first-order valence-electron chi connectivity index (χ1n) is 5.63. The third kappa shape index (κ3) is 4.68. The lowest BCUT2D eigenvalue weighted by Gasteiger charge is -2.07. The molecule has 0 bridgehead atoms. The van der Waals surface area contributed by atoms with E-state index in [1.165, 1.54) is 0 Å². The van der Waals surface area contributed by atoms with E-state index in [4.69, 9.17) is 11.0 Å². The molecule has 0 aliphatic rings. The van der Waals surface area contributed by atoms with Crippen molar-refractivity contribution in [1.82, 2.24) is 0 Å². The third-order valence-corrected chi connectivity index (χ3v) is 3.91. The Bertz CT molecular complexity index is 449. The third-order valence-electron chi connectivity index (χ3n) is 2.59. The largest absolute Gasteiger partial charge is 0.328 e. The number of nitrogens with two attached hydrogens (primary N) is 1. The van der Waals surface area contributed by atoms with Crippen molar-refractivity contribution in [3.8, 4) is 6.07 Å². The summed E-state index contributed by atoms with van der Waals surface area (Å²) in [6, 6.07) is 7.68. The Hall–Kier alpha value is -1.18. The molecule has 0 aliphatic carbocycles. The topological polar surface area (TPSA) is 66.9 Å². The van der Waals surface area contributed by atoms with Crippen LogP contribution in [0.25, 0.3) is 0 Å². The molecule has 3 nitrogen and oxygen atoms in total. The molecule has 2 atom stereocenters. The summed E-state index contributed by atoms with van der Waals surface area (Å²) < 4.78 is 11.8. The van der Waals surface area contributed by atoms with Gasteiger partial charge in [-0.2, -0.15) is 5.26 Å². The predicted molar refractivity (Wildman–Crippen MR) is 70.9 cm³/mol. The molecule has 0 amide bonds. The second-order valence-electron chi connectivity index (χ2n) is 4.31. The molecule has 0 aliphatic heterocycles. The summed E-state index contributed by atoms with van der Waals surface area (Å²) in [5.74, 6) is 1.18. The Morgan fingerprint density at radius 1 is 1.53 bits per heavy atom. The Morgan fingerprint density at radius 3 is 2.76 bits per heavy atom. The van der Waals surface area contributed by atoms with Crippen LogP contribution in [0.15, 0.2) is 18.2 Å². The van der Waals surface area contributed by atoms with Gasteiger partial charge in [-0.1, -0.05) is 6.07 Å². The van der Waals surface area contributed by atoms with E-state index in [-0.39, 0.29) is 6.04 Å². The van der Waals surface area contributed by atoms with Crippen molar-refractivity contribution < 1.29 is 4.21 Å². The first-order valence-corrected chi connectivity index (χ1v) is 7.12. The van der Waals surface area contributed by atoms with Gasteiger partial charge in [0.05, 0.1) is 11.6 Å². The van der Waals surface area contributed by atoms with E-state index in [1.54, 1.807) is 6.07 Å². The van der Waals surface area contributed by atoms with Gasteiger partial charge in [0.15, 0.2) is 0 Å². The minimum Gasteiger partial charge on any atom is -0.328 e. The zero-order valence-electron chi connectivity index (χ0n) is 10.3. The number of benzene rings is 1. The summed E-state index contributed by atoms with van der Waals surface area (Å²) in [5.41, 5.74) is 8.35. The number of rotatable bonds is 5. The standard InChI is InChI=1S/C13H18N2OS/c1-10-7-12(8-14)3-4-13(10)9-17(16)6-5-11(2)15/h3-4,7,11H,5-6,9,15H2,1-2H3. The Balaban J connectivity index is 2.63. The molecule has 0 fully saturated rings. The maximum atomic E-state index is 11.8. The second kappa shape index (κ2) is 6.53. The van der Waals surface area contributed by atoms with Crippen LogP contribution in [-0.2, 0) is 16.6 Å². The maximum Gasteiger partial charge on any atom is 0.0991 e. The molecule has 0 radical (unpaired) electrons. The van der Waals surface area contributed by atoms with Crippen molar-refractivity contribution in [1.29, 1.82) is 5.26 Å². The van der Waals surface area contributed by atoms with Crippen LogP contribution in [0, 0.1) is 18.3 Å². The van der Waals surface area contributed by atoms with Gasteiger partial charge in [-0.05, 0) is 43.5 Å². The van der Waals surface area contributed by atoms with Gasteiger partial charge in [0.25, 0.3) is 0 Å². The summed E-state index contributed by atoms with van der Waals surface area (Å²) in [5, 5.41) is 8.76. The molecule has 0 saturated carbocycles. The molecule has 1 aromatic rings. The number of nitrogens with zero attached hydrogens (tertiary/aromatic N) is 1. The lowest BCUT2D eigenvalue weighted by molar-refractivity contribution is 0.667. The van der Waals surface area contributed by atoms with Gasteiger partial charge in [-0.15, -0.1) is 0 Å². The van der Waals surface area contributed by atoms with Crippen LogP contribution < -0.4 is 5.73 Å². The Kier molecular flexibility index (Phi) is 5.33. The predicted octanol–water partition coefficient (Wildman–Crippen LogP) is 1.85. The van der Waals surface area contributed by atoms with Crippen LogP contribution in [0.4, 0.5) is 0 Å². The van der Waals surface area contributed by atoms with Crippen molar-refractivity contribution in [2.24, 2.45) is 5.73 Å². The first kappa shape index (κ1) is 13.9. The summed E-state index contributed by atoms with van der Waals surface area (Å²) in [4.78, 5) is 0. The van der Waals surface area contributed by atoms with E-state index in [2.05, 4.69) is 6.07 Å². The first-order chi connectivity index (χ1) is 8.02.